The van der Waals surface area contributed by atoms with E-state index >= 15 is 0 Å². The number of aromatic hydroxyl groups is 1. The second kappa shape index (κ2) is 4.61. The van der Waals surface area contributed by atoms with E-state index in [1.165, 1.54) is 0 Å². The fourth-order valence-electron chi connectivity index (χ4n) is 1.98. The molecule has 2 N–H and O–H groups in total. The van der Waals surface area contributed by atoms with Crippen molar-refractivity contribution in [2.45, 2.75) is 6.92 Å². The zero-order valence-corrected chi connectivity index (χ0v) is 9.79. The van der Waals surface area contributed by atoms with E-state index < -0.39 is 0 Å². The molecule has 0 unspecified atom stereocenters. The number of nitrogens with one attached hydrogen (secondary N) is 1. The van der Waals surface area contributed by atoms with Gasteiger partial charge in [-0.25, -0.2) is 0 Å². The zero-order valence-electron chi connectivity index (χ0n) is 9.79. The standard InChI is InChI=1S/C12H18N2O2/c1-9-11(15)7-10(8-12(9)16-2)14-5-3-13-4-6-14/h7-8,13,15H,3-6H2,1-2H3. The molecule has 4 nitrogen and oxygen atoms in total. The van der Waals surface area contributed by atoms with Gasteiger partial charge in [0.2, 0.25) is 0 Å². The number of phenolic OH excluding ortho intramolecular Hbond substituents is 1. The number of anilines is 1. The number of hydrogen-bond acceptors (Lipinski definition) is 4. The minimum atomic E-state index is 0.299. The van der Waals surface area contributed by atoms with Crippen molar-refractivity contribution < 1.29 is 9.84 Å². The second-order valence-corrected chi connectivity index (χ2v) is 4.03. The summed E-state index contributed by atoms with van der Waals surface area (Å²) in [4.78, 5) is 2.25. The Hall–Kier alpha value is -1.42. The Morgan fingerprint density at radius 3 is 2.62 bits per heavy atom. The summed E-state index contributed by atoms with van der Waals surface area (Å²) in [5, 5.41) is 13.1. The first-order valence-corrected chi connectivity index (χ1v) is 5.55. The normalized spacial score (nSPS) is 16.2. The minimum absolute atomic E-state index is 0.299. The number of methoxy groups -OCH3 is 1. The molecule has 0 saturated carbocycles. The summed E-state index contributed by atoms with van der Waals surface area (Å²) in [6, 6.07) is 3.80. The Morgan fingerprint density at radius 1 is 1.31 bits per heavy atom. The summed E-state index contributed by atoms with van der Waals surface area (Å²) >= 11 is 0. The van der Waals surface area contributed by atoms with E-state index in [0.29, 0.717) is 5.75 Å². The van der Waals surface area contributed by atoms with Gasteiger partial charge in [-0.1, -0.05) is 0 Å². The first-order valence-electron chi connectivity index (χ1n) is 5.55. The first-order chi connectivity index (χ1) is 7.72. The monoisotopic (exact) mass is 222 g/mol. The zero-order chi connectivity index (χ0) is 11.5. The van der Waals surface area contributed by atoms with Crippen LogP contribution in [0.4, 0.5) is 5.69 Å². The molecule has 1 aromatic carbocycles. The average molecular weight is 222 g/mol. The molecule has 0 amide bonds. The summed E-state index contributed by atoms with van der Waals surface area (Å²) in [7, 11) is 1.63. The fraction of sp³-hybridized carbons (Fsp3) is 0.500. The van der Waals surface area contributed by atoms with Gasteiger partial charge in [-0.3, -0.25) is 0 Å². The number of rotatable bonds is 2. The maximum absolute atomic E-state index is 9.82. The molecule has 0 aliphatic carbocycles. The van der Waals surface area contributed by atoms with E-state index in [4.69, 9.17) is 4.74 Å². The third kappa shape index (κ3) is 2.07. The second-order valence-electron chi connectivity index (χ2n) is 4.03. The van der Waals surface area contributed by atoms with Gasteiger partial charge in [-0.05, 0) is 6.92 Å². The summed E-state index contributed by atoms with van der Waals surface area (Å²) in [5.74, 6) is 1.04. The Morgan fingerprint density at radius 2 is 2.00 bits per heavy atom. The van der Waals surface area contributed by atoms with Crippen LogP contribution in [0, 0.1) is 6.92 Å². The van der Waals surface area contributed by atoms with Gasteiger partial charge in [0.15, 0.2) is 0 Å². The number of nitrogens with zero attached hydrogens (tertiary/aromatic N) is 1. The topological polar surface area (TPSA) is 44.7 Å². The van der Waals surface area contributed by atoms with Crippen molar-refractivity contribution in [2.75, 3.05) is 38.2 Å². The molecule has 1 saturated heterocycles. The third-order valence-corrected chi connectivity index (χ3v) is 3.02. The van der Waals surface area contributed by atoms with Crippen LogP contribution >= 0.6 is 0 Å². The SMILES string of the molecule is COc1cc(N2CCNCC2)cc(O)c1C. The van der Waals surface area contributed by atoms with E-state index in [1.54, 1.807) is 7.11 Å². The fourth-order valence-corrected chi connectivity index (χ4v) is 1.98. The first kappa shape index (κ1) is 11.1. The highest BCUT2D eigenvalue weighted by Crippen LogP contribution is 2.32. The molecule has 16 heavy (non-hydrogen) atoms. The lowest BCUT2D eigenvalue weighted by Crippen LogP contribution is -2.43. The van der Waals surface area contributed by atoms with E-state index in [9.17, 15) is 5.11 Å². The third-order valence-electron chi connectivity index (χ3n) is 3.02. The van der Waals surface area contributed by atoms with E-state index in [0.717, 1.165) is 43.2 Å². The van der Waals surface area contributed by atoms with Crippen molar-refractivity contribution in [2.24, 2.45) is 0 Å². The highest BCUT2D eigenvalue weighted by atomic mass is 16.5. The predicted octanol–water partition coefficient (Wildman–Crippen LogP) is 1.12. The van der Waals surface area contributed by atoms with Crippen molar-refractivity contribution in [3.8, 4) is 11.5 Å². The maximum atomic E-state index is 9.82. The van der Waals surface area contributed by atoms with Gasteiger partial charge in [-0.2, -0.15) is 0 Å². The number of phenols is 1. The van der Waals surface area contributed by atoms with Crippen LogP contribution in [0.2, 0.25) is 0 Å². The van der Waals surface area contributed by atoms with Crippen LogP contribution in [-0.2, 0) is 0 Å². The summed E-state index contributed by atoms with van der Waals surface area (Å²) in [6.45, 7) is 5.75. The van der Waals surface area contributed by atoms with E-state index in [-0.39, 0.29) is 0 Å². The van der Waals surface area contributed by atoms with Gasteiger partial charge in [0.1, 0.15) is 11.5 Å². The Labute approximate surface area is 95.8 Å². The number of ether oxygens (including phenoxy) is 1. The molecule has 0 bridgehead atoms. The predicted molar refractivity (Wildman–Crippen MR) is 64.5 cm³/mol. The minimum Gasteiger partial charge on any atom is -0.507 e. The molecule has 1 aromatic rings. The average Bonchev–Trinajstić information content (AvgIpc) is 2.33. The summed E-state index contributed by atoms with van der Waals surface area (Å²) in [6.07, 6.45) is 0. The Bertz CT molecular complexity index is 374. The number of piperazine rings is 1. The Kier molecular flexibility index (Phi) is 3.19. The molecule has 0 radical (unpaired) electrons. The van der Waals surface area contributed by atoms with Crippen LogP contribution in [-0.4, -0.2) is 38.4 Å². The maximum Gasteiger partial charge on any atom is 0.127 e. The Balaban J connectivity index is 2.29. The molecule has 4 heteroatoms. The summed E-state index contributed by atoms with van der Waals surface area (Å²) < 4.78 is 5.25. The van der Waals surface area contributed by atoms with Crippen molar-refractivity contribution in [1.82, 2.24) is 5.32 Å². The smallest absolute Gasteiger partial charge is 0.127 e. The van der Waals surface area contributed by atoms with Gasteiger partial charge in [0.05, 0.1) is 7.11 Å². The largest absolute Gasteiger partial charge is 0.507 e. The van der Waals surface area contributed by atoms with Crippen molar-refractivity contribution >= 4 is 5.69 Å². The van der Waals surface area contributed by atoms with Crippen LogP contribution in [0.3, 0.4) is 0 Å². The van der Waals surface area contributed by atoms with Crippen molar-refractivity contribution in [3.63, 3.8) is 0 Å². The molecule has 0 spiro atoms. The lowest BCUT2D eigenvalue weighted by Gasteiger charge is -2.30. The molecular formula is C12H18N2O2. The molecule has 2 rings (SSSR count). The van der Waals surface area contributed by atoms with Gasteiger partial charge in [0, 0.05) is 49.6 Å². The molecular weight excluding hydrogens is 204 g/mol. The van der Waals surface area contributed by atoms with Crippen LogP contribution in [0.5, 0.6) is 11.5 Å². The van der Waals surface area contributed by atoms with Crippen molar-refractivity contribution in [1.29, 1.82) is 0 Å². The lowest BCUT2D eigenvalue weighted by molar-refractivity contribution is 0.402. The summed E-state index contributed by atoms with van der Waals surface area (Å²) in [5.41, 5.74) is 1.82. The highest BCUT2D eigenvalue weighted by molar-refractivity contribution is 5.59. The van der Waals surface area contributed by atoms with Gasteiger partial charge >= 0.3 is 0 Å². The molecule has 1 fully saturated rings. The van der Waals surface area contributed by atoms with E-state index in [2.05, 4.69) is 10.2 Å². The van der Waals surface area contributed by atoms with Crippen LogP contribution < -0.4 is 15.0 Å². The number of hydrogen-bond donors (Lipinski definition) is 2. The highest BCUT2D eigenvalue weighted by Gasteiger charge is 2.14. The molecule has 1 aliphatic rings. The van der Waals surface area contributed by atoms with Gasteiger partial charge in [-0.15, -0.1) is 0 Å². The molecule has 1 heterocycles. The van der Waals surface area contributed by atoms with Crippen LogP contribution in [0.1, 0.15) is 5.56 Å². The van der Waals surface area contributed by atoms with Crippen LogP contribution in [0.25, 0.3) is 0 Å². The molecule has 88 valence electrons. The van der Waals surface area contributed by atoms with Crippen LogP contribution in [0.15, 0.2) is 12.1 Å². The quantitative estimate of drug-likeness (QED) is 0.787. The van der Waals surface area contributed by atoms with E-state index in [1.807, 2.05) is 19.1 Å². The molecule has 1 aliphatic heterocycles. The number of benzene rings is 1. The van der Waals surface area contributed by atoms with Gasteiger partial charge < -0.3 is 20.1 Å². The van der Waals surface area contributed by atoms with Crippen molar-refractivity contribution in [3.05, 3.63) is 17.7 Å². The molecule has 0 aromatic heterocycles. The molecule has 0 atom stereocenters. The lowest BCUT2D eigenvalue weighted by atomic mass is 10.1. The van der Waals surface area contributed by atoms with Gasteiger partial charge in [0.25, 0.3) is 0 Å².